The average Bonchev–Trinajstić information content (AvgIpc) is 3.00. The molecule has 1 atom stereocenters. The van der Waals surface area contributed by atoms with Gasteiger partial charge in [-0.15, -0.1) is 0 Å². The van der Waals surface area contributed by atoms with E-state index in [0.717, 1.165) is 70.5 Å². The highest BCUT2D eigenvalue weighted by Crippen LogP contribution is 2.32. The summed E-state index contributed by atoms with van der Waals surface area (Å²) in [6, 6.07) is 10.4. The van der Waals surface area contributed by atoms with Gasteiger partial charge in [-0.1, -0.05) is 36.8 Å². The van der Waals surface area contributed by atoms with Crippen molar-refractivity contribution in [1.29, 1.82) is 0 Å². The van der Waals surface area contributed by atoms with Gasteiger partial charge >= 0.3 is 0 Å². The highest BCUT2D eigenvalue weighted by molar-refractivity contribution is 5.79. The van der Waals surface area contributed by atoms with E-state index < -0.39 is 0 Å². The zero-order valence-corrected chi connectivity index (χ0v) is 19.4. The van der Waals surface area contributed by atoms with Crippen LogP contribution in [0, 0.1) is 25.7 Å². The molecule has 0 unspecified atom stereocenters. The summed E-state index contributed by atoms with van der Waals surface area (Å²) in [5.41, 5.74) is 1.28. The largest absolute Gasteiger partial charge is 0.342 e. The molecule has 7 heteroatoms. The second-order valence-corrected chi connectivity index (χ2v) is 9.25. The zero-order chi connectivity index (χ0) is 22.5. The molecule has 4 rings (SSSR count). The summed E-state index contributed by atoms with van der Waals surface area (Å²) in [6.07, 6.45) is 5.91. The van der Waals surface area contributed by atoms with Crippen molar-refractivity contribution in [3.05, 3.63) is 47.5 Å². The van der Waals surface area contributed by atoms with Gasteiger partial charge in [0.05, 0.1) is 0 Å². The van der Waals surface area contributed by atoms with Crippen LogP contribution in [0.4, 0.5) is 0 Å². The minimum atomic E-state index is 0.0909. The fourth-order valence-corrected chi connectivity index (χ4v) is 5.19. The van der Waals surface area contributed by atoms with Crippen molar-refractivity contribution in [2.75, 3.05) is 26.2 Å². The van der Waals surface area contributed by atoms with E-state index in [0.29, 0.717) is 17.6 Å². The van der Waals surface area contributed by atoms with E-state index in [9.17, 15) is 9.59 Å². The Morgan fingerprint density at radius 1 is 1.03 bits per heavy atom. The zero-order valence-electron chi connectivity index (χ0n) is 19.4. The van der Waals surface area contributed by atoms with E-state index in [1.54, 1.807) is 4.68 Å². The highest BCUT2D eigenvalue weighted by atomic mass is 16.2. The van der Waals surface area contributed by atoms with Gasteiger partial charge in [0.15, 0.2) is 0 Å². The number of hydrogen-bond donors (Lipinski definition) is 0. The van der Waals surface area contributed by atoms with Crippen molar-refractivity contribution in [2.24, 2.45) is 11.8 Å². The van der Waals surface area contributed by atoms with Crippen LogP contribution in [-0.2, 0) is 22.6 Å². The number of nitrogens with zero attached hydrogens (tertiary/aromatic N) is 5. The number of aromatic nitrogens is 3. The van der Waals surface area contributed by atoms with E-state index >= 15 is 0 Å². The molecule has 1 aromatic heterocycles. The molecule has 172 valence electrons. The third kappa shape index (κ3) is 5.37. The minimum Gasteiger partial charge on any atom is -0.342 e. The number of carbonyl (C=O) groups excluding carboxylic acids is 2. The van der Waals surface area contributed by atoms with E-state index in [4.69, 9.17) is 0 Å². The normalized spacial score (nSPS) is 20.4. The Hall–Kier alpha value is -2.70. The molecule has 0 aliphatic carbocycles. The predicted molar refractivity (Wildman–Crippen MR) is 123 cm³/mol. The van der Waals surface area contributed by atoms with Gasteiger partial charge in [0, 0.05) is 32.1 Å². The quantitative estimate of drug-likeness (QED) is 0.697. The molecule has 0 spiro atoms. The second kappa shape index (κ2) is 10.3. The van der Waals surface area contributed by atoms with Gasteiger partial charge in [-0.3, -0.25) is 9.59 Å². The topological polar surface area (TPSA) is 71.3 Å². The Bertz CT molecular complexity index is 918. The van der Waals surface area contributed by atoms with Crippen molar-refractivity contribution in [3.63, 3.8) is 0 Å². The molecule has 2 fully saturated rings. The summed E-state index contributed by atoms with van der Waals surface area (Å²) < 4.78 is 1.68. The lowest BCUT2D eigenvalue weighted by Crippen LogP contribution is -2.45. The van der Waals surface area contributed by atoms with Crippen molar-refractivity contribution in [3.8, 4) is 0 Å². The number of carbonyl (C=O) groups is 2. The third-order valence-corrected chi connectivity index (χ3v) is 7.04. The van der Waals surface area contributed by atoms with Crippen LogP contribution >= 0.6 is 0 Å². The van der Waals surface area contributed by atoms with Crippen molar-refractivity contribution in [1.82, 2.24) is 24.6 Å². The van der Waals surface area contributed by atoms with Gasteiger partial charge < -0.3 is 9.80 Å². The highest BCUT2D eigenvalue weighted by Gasteiger charge is 2.35. The number of rotatable bonds is 6. The molecule has 32 heavy (non-hydrogen) atoms. The van der Waals surface area contributed by atoms with Crippen LogP contribution in [0.25, 0.3) is 0 Å². The van der Waals surface area contributed by atoms with Crippen LogP contribution in [-0.4, -0.2) is 62.6 Å². The van der Waals surface area contributed by atoms with Crippen molar-refractivity contribution < 1.29 is 9.59 Å². The van der Waals surface area contributed by atoms with Gasteiger partial charge in [0.1, 0.15) is 18.2 Å². The molecular weight excluding hydrogens is 402 g/mol. The summed E-state index contributed by atoms with van der Waals surface area (Å²) in [5.74, 6) is 2.36. The fraction of sp³-hybridized carbons (Fsp3) is 0.600. The smallest absolute Gasteiger partial charge is 0.244 e. The van der Waals surface area contributed by atoms with Crippen molar-refractivity contribution in [2.45, 2.75) is 58.9 Å². The molecule has 1 aromatic carbocycles. The number of amides is 2. The SMILES string of the molecule is Cc1nc(C)n(CC(=O)N2CCC([C@@H]3CCCCN(CCc4ccccc4)C3=O)CC2)n1. The average molecular weight is 438 g/mol. The maximum atomic E-state index is 13.4. The molecule has 0 bridgehead atoms. The summed E-state index contributed by atoms with van der Waals surface area (Å²) in [6.45, 7) is 7.08. The van der Waals surface area contributed by atoms with Gasteiger partial charge in [0.2, 0.25) is 11.8 Å². The first-order chi connectivity index (χ1) is 15.5. The van der Waals surface area contributed by atoms with E-state index in [1.165, 1.54) is 5.56 Å². The van der Waals surface area contributed by atoms with E-state index in [-0.39, 0.29) is 18.4 Å². The van der Waals surface area contributed by atoms with Crippen LogP contribution in [0.1, 0.15) is 49.3 Å². The summed E-state index contributed by atoms with van der Waals surface area (Å²) >= 11 is 0. The van der Waals surface area contributed by atoms with Gasteiger partial charge in [0.25, 0.3) is 0 Å². The van der Waals surface area contributed by atoms with Gasteiger partial charge in [-0.2, -0.15) is 5.10 Å². The molecule has 2 saturated heterocycles. The standard InChI is InChI=1S/C25H35N5O2/c1-19-26-20(2)30(27-19)18-24(31)28-16-12-22(13-17-28)23-10-6-7-14-29(25(23)32)15-11-21-8-4-3-5-9-21/h3-5,8-9,22-23H,6-7,10-18H2,1-2H3/t23-/m0/s1. The maximum absolute atomic E-state index is 13.4. The first-order valence-electron chi connectivity index (χ1n) is 12.0. The Balaban J connectivity index is 1.31. The third-order valence-electron chi connectivity index (χ3n) is 7.04. The molecule has 0 radical (unpaired) electrons. The summed E-state index contributed by atoms with van der Waals surface area (Å²) in [4.78, 5) is 34.5. The molecule has 3 heterocycles. The fourth-order valence-electron chi connectivity index (χ4n) is 5.19. The van der Waals surface area contributed by atoms with Gasteiger partial charge in [-0.25, -0.2) is 9.67 Å². The summed E-state index contributed by atoms with van der Waals surface area (Å²) in [7, 11) is 0. The second-order valence-electron chi connectivity index (χ2n) is 9.25. The minimum absolute atomic E-state index is 0.0909. The lowest BCUT2D eigenvalue weighted by molar-refractivity contribution is -0.138. The molecule has 2 aliphatic heterocycles. The first-order valence-corrected chi connectivity index (χ1v) is 12.0. The Morgan fingerprint density at radius 3 is 2.47 bits per heavy atom. The molecule has 2 amide bonds. The number of hydrogen-bond acceptors (Lipinski definition) is 4. The molecule has 0 saturated carbocycles. The van der Waals surface area contributed by atoms with E-state index in [2.05, 4.69) is 39.2 Å². The molecule has 2 aliphatic rings. The predicted octanol–water partition coefficient (Wildman–Crippen LogP) is 3.00. The monoisotopic (exact) mass is 437 g/mol. The number of benzene rings is 1. The van der Waals surface area contributed by atoms with E-state index in [1.807, 2.05) is 24.8 Å². The van der Waals surface area contributed by atoms with Crippen LogP contribution < -0.4 is 0 Å². The van der Waals surface area contributed by atoms with Crippen molar-refractivity contribution >= 4 is 11.8 Å². The molecule has 0 N–H and O–H groups in total. The Labute approximate surface area is 190 Å². The van der Waals surface area contributed by atoms with Crippen LogP contribution in [0.15, 0.2) is 30.3 Å². The van der Waals surface area contributed by atoms with Gasteiger partial charge in [-0.05, 0) is 57.4 Å². The van der Waals surface area contributed by atoms with Crippen LogP contribution in [0.2, 0.25) is 0 Å². The number of piperidine rings is 1. The Morgan fingerprint density at radius 2 is 1.78 bits per heavy atom. The summed E-state index contributed by atoms with van der Waals surface area (Å²) in [5, 5.41) is 4.31. The number of likely N-dealkylation sites (tertiary alicyclic amines) is 2. The molecule has 7 nitrogen and oxygen atoms in total. The molecule has 2 aromatic rings. The van der Waals surface area contributed by atoms with Crippen LogP contribution in [0.3, 0.4) is 0 Å². The number of aryl methyl sites for hydroxylation is 2. The van der Waals surface area contributed by atoms with Crippen LogP contribution in [0.5, 0.6) is 0 Å². The molecular formula is C25H35N5O2. The first kappa shape index (κ1) is 22.5. The Kier molecular flexibility index (Phi) is 7.22. The lowest BCUT2D eigenvalue weighted by Gasteiger charge is -2.36. The maximum Gasteiger partial charge on any atom is 0.244 e. The lowest BCUT2D eigenvalue weighted by atomic mass is 9.81.